The van der Waals surface area contributed by atoms with Gasteiger partial charge in [-0.1, -0.05) is 35.3 Å². The first-order valence-corrected chi connectivity index (χ1v) is 7.25. The maximum atomic E-state index is 12.2. The lowest BCUT2D eigenvalue weighted by Crippen LogP contribution is -2.12. The van der Waals surface area contributed by atoms with Crippen LogP contribution in [0.5, 0.6) is 0 Å². The molecule has 0 aliphatic heterocycles. The number of anilines is 1. The van der Waals surface area contributed by atoms with Gasteiger partial charge in [0.2, 0.25) is 0 Å². The number of imidazole rings is 1. The average molecular weight is 332 g/mol. The molecule has 1 heterocycles. The molecule has 0 saturated carbocycles. The third-order valence-corrected chi connectivity index (χ3v) is 3.64. The highest BCUT2D eigenvalue weighted by Crippen LogP contribution is 2.21. The van der Waals surface area contributed by atoms with E-state index in [9.17, 15) is 4.79 Å². The number of benzene rings is 2. The standard InChI is InChI=1S/C16H11Cl2N3O/c17-11-5-7-12(8-6-11)21-9-15(19-10-21)16(22)20-14-4-2-1-3-13(14)18/h1-10H,(H,20,22). The van der Waals surface area contributed by atoms with Crippen LogP contribution >= 0.6 is 23.2 Å². The fraction of sp³-hybridized carbons (Fsp3) is 0. The van der Waals surface area contributed by atoms with Crippen LogP contribution in [0, 0.1) is 0 Å². The van der Waals surface area contributed by atoms with E-state index in [2.05, 4.69) is 10.3 Å². The summed E-state index contributed by atoms with van der Waals surface area (Å²) in [7, 11) is 0. The Hall–Kier alpha value is -2.30. The Morgan fingerprint density at radius 1 is 1.05 bits per heavy atom. The molecule has 0 spiro atoms. The van der Waals surface area contributed by atoms with Crippen LogP contribution in [0.4, 0.5) is 5.69 Å². The van der Waals surface area contributed by atoms with E-state index < -0.39 is 0 Å². The average Bonchev–Trinajstić information content (AvgIpc) is 3.00. The van der Waals surface area contributed by atoms with E-state index in [-0.39, 0.29) is 5.91 Å². The van der Waals surface area contributed by atoms with Gasteiger partial charge in [-0.3, -0.25) is 4.79 Å². The topological polar surface area (TPSA) is 46.9 Å². The Labute approximate surface area is 137 Å². The molecule has 0 atom stereocenters. The van der Waals surface area contributed by atoms with Gasteiger partial charge in [0.1, 0.15) is 12.0 Å². The summed E-state index contributed by atoms with van der Waals surface area (Å²) in [4.78, 5) is 16.3. The number of halogens is 2. The van der Waals surface area contributed by atoms with E-state index in [1.165, 1.54) is 0 Å². The minimum absolute atomic E-state index is 0.301. The van der Waals surface area contributed by atoms with Crippen LogP contribution < -0.4 is 5.32 Å². The third kappa shape index (κ3) is 3.13. The first kappa shape index (κ1) is 14.6. The van der Waals surface area contributed by atoms with Gasteiger partial charge in [0, 0.05) is 16.9 Å². The summed E-state index contributed by atoms with van der Waals surface area (Å²) < 4.78 is 1.75. The Morgan fingerprint density at radius 3 is 2.50 bits per heavy atom. The largest absolute Gasteiger partial charge is 0.319 e. The van der Waals surface area contributed by atoms with Gasteiger partial charge in [0.15, 0.2) is 0 Å². The van der Waals surface area contributed by atoms with Crippen molar-refractivity contribution in [2.24, 2.45) is 0 Å². The number of nitrogens with one attached hydrogen (secondary N) is 1. The minimum Gasteiger partial charge on any atom is -0.319 e. The first-order chi connectivity index (χ1) is 10.6. The molecule has 3 rings (SSSR count). The van der Waals surface area contributed by atoms with Crippen LogP contribution in [0.1, 0.15) is 10.5 Å². The number of rotatable bonds is 3. The smallest absolute Gasteiger partial charge is 0.275 e. The van der Waals surface area contributed by atoms with Gasteiger partial charge in [0.25, 0.3) is 5.91 Å². The second-order valence-electron chi connectivity index (χ2n) is 4.58. The Balaban J connectivity index is 1.80. The van der Waals surface area contributed by atoms with Gasteiger partial charge in [-0.05, 0) is 36.4 Å². The second kappa shape index (κ2) is 6.22. The summed E-state index contributed by atoms with van der Waals surface area (Å²) in [5.41, 5.74) is 1.72. The van der Waals surface area contributed by atoms with Crippen molar-refractivity contribution in [1.82, 2.24) is 9.55 Å². The van der Waals surface area contributed by atoms with Crippen molar-refractivity contribution in [2.75, 3.05) is 5.32 Å². The van der Waals surface area contributed by atoms with Crippen molar-refractivity contribution < 1.29 is 4.79 Å². The maximum absolute atomic E-state index is 12.2. The van der Waals surface area contributed by atoms with Gasteiger partial charge in [-0.15, -0.1) is 0 Å². The van der Waals surface area contributed by atoms with Crippen LogP contribution in [-0.4, -0.2) is 15.5 Å². The molecule has 22 heavy (non-hydrogen) atoms. The Morgan fingerprint density at radius 2 is 1.77 bits per heavy atom. The van der Waals surface area contributed by atoms with E-state index in [1.54, 1.807) is 53.5 Å². The van der Waals surface area contributed by atoms with Crippen LogP contribution in [0.15, 0.2) is 61.1 Å². The van der Waals surface area contributed by atoms with Gasteiger partial charge in [-0.25, -0.2) is 4.98 Å². The van der Waals surface area contributed by atoms with Crippen molar-refractivity contribution in [3.63, 3.8) is 0 Å². The molecule has 3 aromatic rings. The highest BCUT2D eigenvalue weighted by molar-refractivity contribution is 6.33. The van der Waals surface area contributed by atoms with Crippen molar-refractivity contribution in [2.45, 2.75) is 0 Å². The maximum Gasteiger partial charge on any atom is 0.275 e. The zero-order valence-electron chi connectivity index (χ0n) is 11.3. The fourth-order valence-electron chi connectivity index (χ4n) is 1.94. The van der Waals surface area contributed by atoms with Crippen LogP contribution in [0.3, 0.4) is 0 Å². The quantitative estimate of drug-likeness (QED) is 0.771. The molecule has 1 amide bonds. The lowest BCUT2D eigenvalue weighted by atomic mass is 10.3. The molecule has 6 heteroatoms. The number of carbonyl (C=O) groups excluding carboxylic acids is 1. The summed E-state index contributed by atoms with van der Waals surface area (Å²) in [5, 5.41) is 3.87. The predicted octanol–water partition coefficient (Wildman–Crippen LogP) is 4.43. The predicted molar refractivity (Wildman–Crippen MR) is 88.0 cm³/mol. The fourth-order valence-corrected chi connectivity index (χ4v) is 2.25. The SMILES string of the molecule is O=C(Nc1ccccc1Cl)c1cn(-c2ccc(Cl)cc2)cn1. The number of nitrogens with zero attached hydrogens (tertiary/aromatic N) is 2. The summed E-state index contributed by atoms with van der Waals surface area (Å²) in [5.74, 6) is -0.319. The molecule has 0 radical (unpaired) electrons. The number of aromatic nitrogens is 2. The number of amides is 1. The third-order valence-electron chi connectivity index (χ3n) is 3.06. The van der Waals surface area contributed by atoms with E-state index in [0.29, 0.717) is 21.4 Å². The molecule has 1 aromatic heterocycles. The summed E-state index contributed by atoms with van der Waals surface area (Å²) in [6.45, 7) is 0. The monoisotopic (exact) mass is 331 g/mol. The van der Waals surface area contributed by atoms with Gasteiger partial charge >= 0.3 is 0 Å². The normalized spacial score (nSPS) is 10.5. The molecular formula is C16H11Cl2N3O. The molecule has 0 aliphatic carbocycles. The van der Waals surface area contributed by atoms with Gasteiger partial charge in [-0.2, -0.15) is 0 Å². The van der Waals surface area contributed by atoms with Gasteiger partial charge in [0.05, 0.1) is 10.7 Å². The zero-order valence-corrected chi connectivity index (χ0v) is 12.8. The molecule has 0 saturated heterocycles. The van der Waals surface area contributed by atoms with Crippen molar-refractivity contribution in [3.8, 4) is 5.69 Å². The molecule has 4 nitrogen and oxygen atoms in total. The molecule has 1 N–H and O–H groups in total. The molecular weight excluding hydrogens is 321 g/mol. The van der Waals surface area contributed by atoms with Crippen LogP contribution in [-0.2, 0) is 0 Å². The highest BCUT2D eigenvalue weighted by Gasteiger charge is 2.11. The first-order valence-electron chi connectivity index (χ1n) is 6.49. The summed E-state index contributed by atoms with van der Waals surface area (Å²) in [6.07, 6.45) is 3.22. The minimum atomic E-state index is -0.319. The van der Waals surface area contributed by atoms with E-state index in [4.69, 9.17) is 23.2 Å². The van der Waals surface area contributed by atoms with Gasteiger partial charge < -0.3 is 9.88 Å². The van der Waals surface area contributed by atoms with E-state index in [0.717, 1.165) is 5.69 Å². The molecule has 0 unspecified atom stereocenters. The number of hydrogen-bond donors (Lipinski definition) is 1. The zero-order chi connectivity index (χ0) is 15.5. The molecule has 0 fully saturated rings. The number of carbonyl (C=O) groups is 1. The van der Waals surface area contributed by atoms with E-state index >= 15 is 0 Å². The Kier molecular flexibility index (Phi) is 4.13. The van der Waals surface area contributed by atoms with Crippen molar-refractivity contribution in [3.05, 3.63) is 76.8 Å². The van der Waals surface area contributed by atoms with Crippen molar-refractivity contribution >= 4 is 34.8 Å². The number of hydrogen-bond acceptors (Lipinski definition) is 2. The molecule has 0 aliphatic rings. The summed E-state index contributed by atoms with van der Waals surface area (Å²) in [6, 6.07) is 14.3. The lowest BCUT2D eigenvalue weighted by Gasteiger charge is -2.05. The van der Waals surface area contributed by atoms with Crippen LogP contribution in [0.25, 0.3) is 5.69 Å². The molecule has 110 valence electrons. The summed E-state index contributed by atoms with van der Waals surface area (Å²) >= 11 is 11.9. The number of para-hydroxylation sites is 1. The lowest BCUT2D eigenvalue weighted by molar-refractivity contribution is 0.102. The Bertz CT molecular complexity index is 812. The van der Waals surface area contributed by atoms with E-state index in [1.807, 2.05) is 12.1 Å². The second-order valence-corrected chi connectivity index (χ2v) is 5.42. The molecule has 0 bridgehead atoms. The highest BCUT2D eigenvalue weighted by atomic mass is 35.5. The molecule has 2 aromatic carbocycles. The van der Waals surface area contributed by atoms with Crippen molar-refractivity contribution in [1.29, 1.82) is 0 Å². The van der Waals surface area contributed by atoms with Crippen LogP contribution in [0.2, 0.25) is 10.0 Å².